The fourth-order valence-corrected chi connectivity index (χ4v) is 3.46. The standard InChI is InChI=1S/C9H9BrN2S2/c1-11-9(8-4-14-5-12-8)6-2-13-3-7(6)10/h2-5,9,11H,1H3. The van der Waals surface area contributed by atoms with Gasteiger partial charge in [-0.3, -0.25) is 0 Å². The van der Waals surface area contributed by atoms with Crippen LogP contribution in [0.3, 0.4) is 0 Å². The van der Waals surface area contributed by atoms with Crippen molar-refractivity contribution < 1.29 is 0 Å². The predicted octanol–water partition coefficient (Wildman–Crippen LogP) is 3.28. The van der Waals surface area contributed by atoms with Crippen molar-refractivity contribution in [1.82, 2.24) is 10.3 Å². The van der Waals surface area contributed by atoms with Crippen LogP contribution in [0.4, 0.5) is 0 Å². The molecule has 1 N–H and O–H groups in total. The van der Waals surface area contributed by atoms with Crippen molar-refractivity contribution in [3.8, 4) is 0 Å². The van der Waals surface area contributed by atoms with Crippen molar-refractivity contribution in [3.63, 3.8) is 0 Å². The first-order valence-corrected chi connectivity index (χ1v) is 6.77. The Hall–Kier alpha value is -0.230. The Morgan fingerprint density at radius 2 is 2.21 bits per heavy atom. The predicted molar refractivity (Wildman–Crippen MR) is 65.0 cm³/mol. The van der Waals surface area contributed by atoms with Gasteiger partial charge in [-0.2, -0.15) is 11.3 Å². The molecule has 0 aliphatic rings. The lowest BCUT2D eigenvalue weighted by molar-refractivity contribution is 0.675. The van der Waals surface area contributed by atoms with Gasteiger partial charge in [0, 0.05) is 20.8 Å². The van der Waals surface area contributed by atoms with Gasteiger partial charge in [-0.15, -0.1) is 11.3 Å². The number of thiophene rings is 1. The minimum atomic E-state index is 0.196. The largest absolute Gasteiger partial charge is 0.308 e. The summed E-state index contributed by atoms with van der Waals surface area (Å²) in [7, 11) is 1.95. The van der Waals surface area contributed by atoms with Crippen LogP contribution in [-0.2, 0) is 0 Å². The van der Waals surface area contributed by atoms with E-state index < -0.39 is 0 Å². The number of nitrogens with zero attached hydrogens (tertiary/aromatic N) is 1. The van der Waals surface area contributed by atoms with E-state index in [2.05, 4.69) is 42.4 Å². The van der Waals surface area contributed by atoms with Crippen LogP contribution in [0.1, 0.15) is 17.3 Å². The molecule has 2 aromatic rings. The molecule has 0 saturated carbocycles. The van der Waals surface area contributed by atoms with Crippen LogP contribution in [0.5, 0.6) is 0 Å². The molecule has 0 fully saturated rings. The van der Waals surface area contributed by atoms with Gasteiger partial charge < -0.3 is 5.32 Å². The molecule has 1 unspecified atom stereocenters. The molecule has 74 valence electrons. The highest BCUT2D eigenvalue weighted by Gasteiger charge is 2.16. The van der Waals surface area contributed by atoms with Crippen molar-refractivity contribution in [1.29, 1.82) is 0 Å². The second kappa shape index (κ2) is 4.53. The first kappa shape index (κ1) is 10.3. The summed E-state index contributed by atoms with van der Waals surface area (Å²) in [5.74, 6) is 0. The topological polar surface area (TPSA) is 24.9 Å². The number of aromatic nitrogens is 1. The number of thiazole rings is 1. The van der Waals surface area contributed by atoms with E-state index in [1.165, 1.54) is 5.56 Å². The van der Waals surface area contributed by atoms with Gasteiger partial charge in [0.1, 0.15) is 0 Å². The van der Waals surface area contributed by atoms with Crippen LogP contribution in [0.15, 0.2) is 26.1 Å². The molecule has 2 rings (SSSR count). The second-order valence-corrected chi connectivity index (χ2v) is 5.13. The minimum absolute atomic E-state index is 0.196. The number of hydrogen-bond donors (Lipinski definition) is 1. The molecular formula is C9H9BrN2S2. The Morgan fingerprint density at radius 1 is 1.36 bits per heavy atom. The molecule has 2 nitrogen and oxygen atoms in total. The first-order chi connectivity index (χ1) is 6.83. The van der Waals surface area contributed by atoms with E-state index in [1.54, 1.807) is 22.7 Å². The quantitative estimate of drug-likeness (QED) is 0.938. The lowest BCUT2D eigenvalue weighted by atomic mass is 10.1. The van der Waals surface area contributed by atoms with E-state index in [1.807, 2.05) is 12.6 Å². The Bertz CT molecular complexity index is 397. The van der Waals surface area contributed by atoms with Gasteiger partial charge in [0.2, 0.25) is 0 Å². The molecule has 1 atom stereocenters. The summed E-state index contributed by atoms with van der Waals surface area (Å²) in [6.45, 7) is 0. The zero-order chi connectivity index (χ0) is 9.97. The Balaban J connectivity index is 2.36. The van der Waals surface area contributed by atoms with Crippen molar-refractivity contribution in [3.05, 3.63) is 37.4 Å². The fraction of sp³-hybridized carbons (Fsp3) is 0.222. The Kier molecular flexibility index (Phi) is 3.33. The summed E-state index contributed by atoms with van der Waals surface area (Å²) >= 11 is 6.86. The number of rotatable bonds is 3. The molecule has 0 saturated heterocycles. The molecule has 14 heavy (non-hydrogen) atoms. The summed E-state index contributed by atoms with van der Waals surface area (Å²) in [6.07, 6.45) is 0. The van der Waals surface area contributed by atoms with Crippen LogP contribution in [0.2, 0.25) is 0 Å². The van der Waals surface area contributed by atoms with Crippen LogP contribution < -0.4 is 5.32 Å². The maximum Gasteiger partial charge on any atom is 0.0795 e. The monoisotopic (exact) mass is 288 g/mol. The zero-order valence-electron chi connectivity index (χ0n) is 7.53. The van der Waals surface area contributed by atoms with E-state index in [-0.39, 0.29) is 6.04 Å². The van der Waals surface area contributed by atoms with Gasteiger partial charge in [0.25, 0.3) is 0 Å². The summed E-state index contributed by atoms with van der Waals surface area (Å²) in [4.78, 5) is 4.32. The molecule has 0 aliphatic carbocycles. The highest BCUT2D eigenvalue weighted by atomic mass is 79.9. The SMILES string of the molecule is CNC(c1cscn1)c1cscc1Br. The third-order valence-corrected chi connectivity index (χ3v) is 4.35. The normalized spacial score (nSPS) is 13.0. The van der Waals surface area contributed by atoms with E-state index in [4.69, 9.17) is 0 Å². The summed E-state index contributed by atoms with van der Waals surface area (Å²) in [6, 6.07) is 0.196. The average Bonchev–Trinajstić information content (AvgIpc) is 2.80. The zero-order valence-corrected chi connectivity index (χ0v) is 10.7. The van der Waals surface area contributed by atoms with Crippen molar-refractivity contribution >= 4 is 38.6 Å². The smallest absolute Gasteiger partial charge is 0.0795 e. The molecule has 2 aromatic heterocycles. The molecule has 5 heteroatoms. The van der Waals surface area contributed by atoms with Crippen LogP contribution in [0, 0.1) is 0 Å². The molecule has 0 aliphatic heterocycles. The highest BCUT2D eigenvalue weighted by Crippen LogP contribution is 2.30. The highest BCUT2D eigenvalue weighted by molar-refractivity contribution is 9.10. The maximum atomic E-state index is 4.32. The van der Waals surface area contributed by atoms with Gasteiger partial charge in [0.15, 0.2) is 0 Å². The first-order valence-electron chi connectivity index (χ1n) is 4.10. The summed E-state index contributed by atoms with van der Waals surface area (Å²) in [5, 5.41) is 9.58. The van der Waals surface area contributed by atoms with Crippen molar-refractivity contribution in [2.45, 2.75) is 6.04 Å². The molecule has 0 aromatic carbocycles. The van der Waals surface area contributed by atoms with Crippen LogP contribution in [-0.4, -0.2) is 12.0 Å². The fourth-order valence-electron chi connectivity index (χ4n) is 1.32. The maximum absolute atomic E-state index is 4.32. The van der Waals surface area contributed by atoms with Gasteiger partial charge in [-0.05, 0) is 28.4 Å². The molecule has 0 spiro atoms. The molecular weight excluding hydrogens is 280 g/mol. The Morgan fingerprint density at radius 3 is 2.71 bits per heavy atom. The van der Waals surface area contributed by atoms with Crippen molar-refractivity contribution in [2.75, 3.05) is 7.05 Å². The van der Waals surface area contributed by atoms with Gasteiger partial charge in [-0.1, -0.05) is 0 Å². The molecule has 2 heterocycles. The Labute approximate surface area is 99.1 Å². The lowest BCUT2D eigenvalue weighted by Crippen LogP contribution is -2.17. The average molecular weight is 289 g/mol. The van der Waals surface area contributed by atoms with Crippen LogP contribution in [0.25, 0.3) is 0 Å². The van der Waals surface area contributed by atoms with Crippen molar-refractivity contribution in [2.24, 2.45) is 0 Å². The minimum Gasteiger partial charge on any atom is -0.308 e. The van der Waals surface area contributed by atoms with Gasteiger partial charge in [0.05, 0.1) is 17.2 Å². The summed E-state index contributed by atoms with van der Waals surface area (Å²) in [5.41, 5.74) is 4.19. The molecule has 0 amide bonds. The number of nitrogens with one attached hydrogen (secondary N) is 1. The van der Waals surface area contributed by atoms with E-state index in [0.717, 1.165) is 10.2 Å². The lowest BCUT2D eigenvalue weighted by Gasteiger charge is -2.12. The third kappa shape index (κ3) is 1.91. The van der Waals surface area contributed by atoms with Gasteiger partial charge in [-0.25, -0.2) is 4.98 Å². The number of halogens is 1. The second-order valence-electron chi connectivity index (χ2n) is 2.81. The van der Waals surface area contributed by atoms with Gasteiger partial charge >= 0.3 is 0 Å². The third-order valence-electron chi connectivity index (χ3n) is 1.99. The summed E-state index contributed by atoms with van der Waals surface area (Å²) < 4.78 is 1.15. The van der Waals surface area contributed by atoms with Crippen LogP contribution >= 0.6 is 38.6 Å². The molecule has 0 bridgehead atoms. The van der Waals surface area contributed by atoms with E-state index in [0.29, 0.717) is 0 Å². The number of hydrogen-bond acceptors (Lipinski definition) is 4. The van der Waals surface area contributed by atoms with E-state index in [9.17, 15) is 0 Å². The van der Waals surface area contributed by atoms with E-state index >= 15 is 0 Å². The molecule has 0 radical (unpaired) electrons.